The predicted molar refractivity (Wildman–Crippen MR) is 183 cm³/mol. The Balaban J connectivity index is 0.000000866. The molecule has 0 amide bonds. The van der Waals surface area contributed by atoms with Crippen molar-refractivity contribution in [3.8, 4) is 11.1 Å². The molecule has 0 aromatic heterocycles. The molecule has 0 saturated heterocycles. The highest BCUT2D eigenvalue weighted by atomic mass is 15.1. The Morgan fingerprint density at radius 1 is 0.400 bits per heavy atom. The molecule has 1 aliphatic carbocycles. The molecule has 0 spiro atoms. The van der Waals surface area contributed by atoms with Crippen molar-refractivity contribution in [2.75, 3.05) is 19.6 Å². The second kappa shape index (κ2) is 21.6. The Hall–Kier alpha value is -3.16. The Morgan fingerprint density at radius 3 is 0.950 bits per heavy atom. The van der Waals surface area contributed by atoms with Crippen LogP contribution in [0.25, 0.3) is 11.1 Å². The van der Waals surface area contributed by atoms with Gasteiger partial charge in [0.2, 0.25) is 0 Å². The second-order valence-corrected chi connectivity index (χ2v) is 8.19. The van der Waals surface area contributed by atoms with Gasteiger partial charge in [-0.1, -0.05) is 185 Å². The van der Waals surface area contributed by atoms with E-state index < -0.39 is 0 Å². The molecule has 1 nitrogen and oxygen atoms in total. The maximum atomic E-state index is 2.38. The summed E-state index contributed by atoms with van der Waals surface area (Å²) in [4.78, 5) is 2.38. The van der Waals surface area contributed by atoms with Crippen molar-refractivity contribution < 1.29 is 0 Å². The first-order valence-electron chi connectivity index (χ1n) is 15.8. The van der Waals surface area contributed by atoms with Gasteiger partial charge in [0.15, 0.2) is 0 Å². The van der Waals surface area contributed by atoms with E-state index in [1.54, 1.807) is 0 Å². The molecule has 0 radical (unpaired) electrons. The van der Waals surface area contributed by atoms with E-state index in [1.165, 1.54) is 53.0 Å². The SMILES string of the molecule is CC.CC.CC.CC.CCN(CC)CC.c1ccc(C2(c3ccccc3)c3ccccc3-c3ccccc32)cc1. The molecule has 4 aromatic carbocycles. The molecule has 0 fully saturated rings. The monoisotopic (exact) mass is 539 g/mol. The minimum absolute atomic E-state index is 0.254. The van der Waals surface area contributed by atoms with Gasteiger partial charge in [-0.3, -0.25) is 0 Å². The smallest absolute Gasteiger partial charge is 0.0713 e. The molecule has 1 aliphatic rings. The fourth-order valence-electron chi connectivity index (χ4n) is 5.07. The molecule has 0 saturated carbocycles. The summed E-state index contributed by atoms with van der Waals surface area (Å²) in [5, 5.41) is 0. The third kappa shape index (κ3) is 8.42. The molecule has 40 heavy (non-hydrogen) atoms. The van der Waals surface area contributed by atoms with Crippen LogP contribution in [0.4, 0.5) is 0 Å². The fourth-order valence-corrected chi connectivity index (χ4v) is 5.07. The van der Waals surface area contributed by atoms with E-state index in [0.29, 0.717) is 0 Å². The van der Waals surface area contributed by atoms with Crippen LogP contribution in [0.5, 0.6) is 0 Å². The molecule has 5 rings (SSSR count). The molecular formula is C39H57N. The first-order valence-corrected chi connectivity index (χ1v) is 15.8. The van der Waals surface area contributed by atoms with Crippen molar-refractivity contribution in [3.63, 3.8) is 0 Å². The Labute approximate surface area is 248 Å². The lowest BCUT2D eigenvalue weighted by Crippen LogP contribution is -2.28. The lowest BCUT2D eigenvalue weighted by Gasteiger charge is -2.33. The van der Waals surface area contributed by atoms with Crippen LogP contribution in [-0.2, 0) is 5.41 Å². The third-order valence-electron chi connectivity index (χ3n) is 6.71. The van der Waals surface area contributed by atoms with Gasteiger partial charge in [-0.2, -0.15) is 0 Å². The first kappa shape index (κ1) is 36.8. The summed E-state index contributed by atoms with van der Waals surface area (Å²) >= 11 is 0. The maximum Gasteiger partial charge on any atom is 0.0713 e. The Bertz CT molecular complexity index is 1040. The van der Waals surface area contributed by atoms with Gasteiger partial charge in [-0.05, 0) is 53.0 Å². The lowest BCUT2D eigenvalue weighted by atomic mass is 9.68. The standard InChI is InChI=1S/C25H18.C6H15N.4C2H6/c1-3-11-19(12-4-1)25(20-13-5-2-6-14-20)23-17-9-7-15-21(23)22-16-8-10-18-24(22)25;1-4-7(5-2)6-3;4*1-2/h1-18H;4-6H2,1-3H3;4*1-2H3. The number of hydrogen-bond acceptors (Lipinski definition) is 1. The van der Waals surface area contributed by atoms with E-state index in [2.05, 4.69) is 135 Å². The van der Waals surface area contributed by atoms with Crippen LogP contribution >= 0.6 is 0 Å². The van der Waals surface area contributed by atoms with Crippen LogP contribution in [0.3, 0.4) is 0 Å². The van der Waals surface area contributed by atoms with Crippen molar-refractivity contribution in [3.05, 3.63) is 131 Å². The normalized spacial score (nSPS) is 11.1. The van der Waals surface area contributed by atoms with E-state index in [9.17, 15) is 0 Å². The van der Waals surface area contributed by atoms with Gasteiger partial charge in [0.05, 0.1) is 5.41 Å². The number of benzene rings is 4. The summed E-state index contributed by atoms with van der Waals surface area (Å²) in [6.45, 7) is 26.1. The van der Waals surface area contributed by atoms with Crippen LogP contribution in [0.2, 0.25) is 0 Å². The lowest BCUT2D eigenvalue weighted by molar-refractivity contribution is 0.321. The predicted octanol–water partition coefficient (Wildman–Crippen LogP) is 11.5. The molecule has 4 aromatic rings. The quantitative estimate of drug-likeness (QED) is 0.215. The van der Waals surface area contributed by atoms with Crippen LogP contribution in [0.15, 0.2) is 109 Å². The highest BCUT2D eigenvalue weighted by Crippen LogP contribution is 2.55. The fraction of sp³-hybridized carbons (Fsp3) is 0.385. The summed E-state index contributed by atoms with van der Waals surface area (Å²) in [5.41, 5.74) is 7.80. The van der Waals surface area contributed by atoms with E-state index in [-0.39, 0.29) is 5.41 Å². The molecule has 0 aliphatic heterocycles. The summed E-state index contributed by atoms with van der Waals surface area (Å²) < 4.78 is 0. The Morgan fingerprint density at radius 2 is 0.675 bits per heavy atom. The van der Waals surface area contributed by atoms with Crippen molar-refractivity contribution in [2.45, 2.75) is 81.6 Å². The zero-order valence-corrected chi connectivity index (χ0v) is 27.5. The van der Waals surface area contributed by atoms with E-state index in [1.807, 2.05) is 55.4 Å². The highest BCUT2D eigenvalue weighted by Gasteiger charge is 2.45. The Kier molecular flexibility index (Phi) is 19.9. The highest BCUT2D eigenvalue weighted by molar-refractivity contribution is 5.86. The number of hydrogen-bond donors (Lipinski definition) is 0. The van der Waals surface area contributed by atoms with Crippen LogP contribution < -0.4 is 0 Å². The molecule has 0 unspecified atom stereocenters. The summed E-state index contributed by atoms with van der Waals surface area (Å²) in [6.07, 6.45) is 0. The summed E-state index contributed by atoms with van der Waals surface area (Å²) in [5.74, 6) is 0. The van der Waals surface area contributed by atoms with Crippen LogP contribution in [0, 0.1) is 0 Å². The summed E-state index contributed by atoms with van der Waals surface area (Å²) in [7, 11) is 0. The average molecular weight is 540 g/mol. The van der Waals surface area contributed by atoms with E-state index in [4.69, 9.17) is 0 Å². The van der Waals surface area contributed by atoms with Gasteiger partial charge in [-0.15, -0.1) is 0 Å². The van der Waals surface area contributed by atoms with Crippen molar-refractivity contribution in [1.82, 2.24) is 4.90 Å². The first-order chi connectivity index (χ1) is 19.8. The third-order valence-corrected chi connectivity index (χ3v) is 6.71. The van der Waals surface area contributed by atoms with Crippen molar-refractivity contribution in [1.29, 1.82) is 0 Å². The summed E-state index contributed by atoms with van der Waals surface area (Å²) in [6, 6.07) is 39.5. The number of nitrogens with zero attached hydrogens (tertiary/aromatic N) is 1. The topological polar surface area (TPSA) is 3.24 Å². The van der Waals surface area contributed by atoms with Gasteiger partial charge < -0.3 is 4.90 Å². The second-order valence-electron chi connectivity index (χ2n) is 8.19. The van der Waals surface area contributed by atoms with Gasteiger partial charge >= 0.3 is 0 Å². The van der Waals surface area contributed by atoms with E-state index in [0.717, 1.165) is 0 Å². The van der Waals surface area contributed by atoms with E-state index >= 15 is 0 Å². The minimum atomic E-state index is -0.254. The molecule has 0 heterocycles. The van der Waals surface area contributed by atoms with Gasteiger partial charge in [0.1, 0.15) is 0 Å². The van der Waals surface area contributed by atoms with Crippen molar-refractivity contribution >= 4 is 0 Å². The van der Waals surface area contributed by atoms with Gasteiger partial charge in [-0.25, -0.2) is 0 Å². The maximum absolute atomic E-state index is 2.38. The van der Waals surface area contributed by atoms with Crippen molar-refractivity contribution in [2.24, 2.45) is 0 Å². The molecule has 0 bridgehead atoms. The zero-order chi connectivity index (χ0) is 30.4. The van der Waals surface area contributed by atoms with Gasteiger partial charge in [0, 0.05) is 0 Å². The molecular weight excluding hydrogens is 482 g/mol. The zero-order valence-electron chi connectivity index (χ0n) is 27.5. The molecule has 1 heteroatoms. The van der Waals surface area contributed by atoms with Crippen LogP contribution in [0.1, 0.15) is 98.4 Å². The van der Waals surface area contributed by atoms with Crippen LogP contribution in [-0.4, -0.2) is 24.5 Å². The number of rotatable bonds is 5. The van der Waals surface area contributed by atoms with Gasteiger partial charge in [0.25, 0.3) is 0 Å². The minimum Gasteiger partial charge on any atom is -0.304 e. The molecule has 218 valence electrons. The number of fused-ring (bicyclic) bond motifs is 3. The molecule has 0 N–H and O–H groups in total. The molecule has 0 atom stereocenters. The average Bonchev–Trinajstić information content (AvgIpc) is 3.38. The largest absolute Gasteiger partial charge is 0.304 e.